The lowest BCUT2D eigenvalue weighted by Gasteiger charge is -2.28. The molecular weight excluding hydrogens is 510 g/mol. The first-order chi connectivity index (χ1) is 19.5. The summed E-state index contributed by atoms with van der Waals surface area (Å²) in [6.07, 6.45) is 1.75. The van der Waals surface area contributed by atoms with E-state index in [1.165, 1.54) is 7.11 Å². The molecule has 0 spiro atoms. The maximum Gasteiger partial charge on any atom is 0.274 e. The third kappa shape index (κ3) is 5.78. The van der Waals surface area contributed by atoms with Crippen molar-refractivity contribution in [2.45, 2.75) is 20.4 Å². The van der Waals surface area contributed by atoms with Crippen LogP contribution in [0, 0.1) is 0 Å². The Morgan fingerprint density at radius 1 is 1.05 bits per heavy atom. The summed E-state index contributed by atoms with van der Waals surface area (Å²) >= 11 is 0. The molecule has 2 N–H and O–H groups in total. The molecule has 10 nitrogen and oxygen atoms in total. The van der Waals surface area contributed by atoms with Gasteiger partial charge in [-0.1, -0.05) is 0 Å². The van der Waals surface area contributed by atoms with Crippen LogP contribution in [0.15, 0.2) is 65.6 Å². The number of hydrogen-bond acceptors (Lipinski definition) is 8. The summed E-state index contributed by atoms with van der Waals surface area (Å²) in [5.74, 6) is 0.671. The summed E-state index contributed by atoms with van der Waals surface area (Å²) in [7, 11) is 1.52. The number of fused-ring (bicyclic) bond motifs is 1. The summed E-state index contributed by atoms with van der Waals surface area (Å²) in [4.78, 5) is 38.2. The summed E-state index contributed by atoms with van der Waals surface area (Å²) in [6, 6.07) is 16.9. The number of nitrogens with zero attached hydrogens (tertiary/aromatic N) is 3. The van der Waals surface area contributed by atoms with Gasteiger partial charge >= 0.3 is 0 Å². The van der Waals surface area contributed by atoms with Crippen molar-refractivity contribution in [3.8, 4) is 16.9 Å². The van der Waals surface area contributed by atoms with E-state index in [0.29, 0.717) is 41.4 Å². The minimum atomic E-state index is -0.422. The van der Waals surface area contributed by atoms with Crippen LogP contribution >= 0.6 is 0 Å². The number of aromatic nitrogens is 2. The van der Waals surface area contributed by atoms with E-state index in [4.69, 9.17) is 14.3 Å². The Kier molecular flexibility index (Phi) is 8.28. The minimum Gasteiger partial charge on any atom is -0.497 e. The Morgan fingerprint density at radius 3 is 2.52 bits per heavy atom. The van der Waals surface area contributed by atoms with Gasteiger partial charge < -0.3 is 24.3 Å². The van der Waals surface area contributed by atoms with E-state index < -0.39 is 5.91 Å². The number of carbonyl (C=O) groups excluding carboxylic acids is 1. The Hall–Kier alpha value is -4.41. The van der Waals surface area contributed by atoms with Crippen molar-refractivity contribution in [2.24, 2.45) is 0 Å². The molecule has 208 valence electrons. The van der Waals surface area contributed by atoms with Gasteiger partial charge in [-0.15, -0.1) is 0 Å². The quantitative estimate of drug-likeness (QED) is 0.300. The summed E-state index contributed by atoms with van der Waals surface area (Å²) in [6.45, 7) is 7.74. The van der Waals surface area contributed by atoms with Crippen molar-refractivity contribution in [3.63, 3.8) is 0 Å². The van der Waals surface area contributed by atoms with Gasteiger partial charge in [-0.2, -0.15) is 0 Å². The Balaban J connectivity index is 1.46. The highest BCUT2D eigenvalue weighted by molar-refractivity contribution is 5.96. The molecule has 1 amide bonds. The lowest BCUT2D eigenvalue weighted by Crippen LogP contribution is -2.36. The Bertz CT molecular complexity index is 1560. The van der Waals surface area contributed by atoms with Crippen LogP contribution in [0.1, 0.15) is 24.2 Å². The largest absolute Gasteiger partial charge is 0.497 e. The van der Waals surface area contributed by atoms with Crippen molar-refractivity contribution in [3.05, 3.63) is 76.7 Å². The van der Waals surface area contributed by atoms with E-state index in [1.807, 2.05) is 25.1 Å². The zero-order valence-corrected chi connectivity index (χ0v) is 22.9. The second kappa shape index (κ2) is 12.2. The Labute approximate surface area is 232 Å². The normalized spacial score (nSPS) is 13.3. The topological polar surface area (TPSA) is 107 Å². The molecule has 0 saturated carbocycles. The van der Waals surface area contributed by atoms with E-state index >= 15 is 0 Å². The SMILES string of the molecule is CCONC(=O)c1cc(OC)cc(-c2cc3cnc(Nc4ccc(N5CCOCC5)cc4)cc3n(CC)c2=O)c1. The highest BCUT2D eigenvalue weighted by Crippen LogP contribution is 2.28. The van der Waals surface area contributed by atoms with Gasteiger partial charge in [0.2, 0.25) is 0 Å². The standard InChI is InChI=1S/C30H33N5O5/c1-4-35-27-18-28(32-23-6-8-24(9-7-23)34-10-12-39-13-11-34)31-19-22(27)17-26(30(35)37)20-14-21(16-25(15-20)38-3)29(36)33-40-5-2/h6-9,14-19H,4-5,10-13H2,1-3H3,(H,31,32)(H,33,36). The number of rotatable bonds is 9. The molecule has 40 heavy (non-hydrogen) atoms. The van der Waals surface area contributed by atoms with Crippen LogP contribution in [-0.2, 0) is 16.1 Å². The minimum absolute atomic E-state index is 0.175. The number of carbonyl (C=O) groups is 1. The van der Waals surface area contributed by atoms with Gasteiger partial charge in [0.05, 0.1) is 32.4 Å². The monoisotopic (exact) mass is 543 g/mol. The third-order valence-corrected chi connectivity index (χ3v) is 6.83. The van der Waals surface area contributed by atoms with E-state index in [9.17, 15) is 9.59 Å². The molecule has 1 aliphatic rings. The number of benzene rings is 2. The molecule has 0 unspecified atom stereocenters. The van der Waals surface area contributed by atoms with Crippen LogP contribution in [0.5, 0.6) is 5.75 Å². The van der Waals surface area contributed by atoms with E-state index in [0.717, 1.165) is 48.6 Å². The lowest BCUT2D eigenvalue weighted by atomic mass is 10.0. The maximum absolute atomic E-state index is 13.7. The smallest absolute Gasteiger partial charge is 0.274 e. The summed E-state index contributed by atoms with van der Waals surface area (Å²) in [5.41, 5.74) is 6.37. The van der Waals surface area contributed by atoms with Crippen LogP contribution < -0.4 is 26.0 Å². The third-order valence-electron chi connectivity index (χ3n) is 6.83. The number of amides is 1. The zero-order valence-electron chi connectivity index (χ0n) is 22.9. The van der Waals surface area contributed by atoms with Crippen molar-refractivity contribution in [1.82, 2.24) is 15.0 Å². The highest BCUT2D eigenvalue weighted by atomic mass is 16.6. The predicted octanol–water partition coefficient (Wildman–Crippen LogP) is 4.35. The van der Waals surface area contributed by atoms with Gasteiger partial charge in [-0.3, -0.25) is 14.4 Å². The van der Waals surface area contributed by atoms with Crippen molar-refractivity contribution in [2.75, 3.05) is 50.2 Å². The molecule has 0 aliphatic carbocycles. The number of aryl methyl sites for hydroxylation is 1. The number of nitrogens with one attached hydrogen (secondary N) is 2. The van der Waals surface area contributed by atoms with Crippen LogP contribution in [-0.4, -0.2) is 55.5 Å². The summed E-state index contributed by atoms with van der Waals surface area (Å²) in [5, 5.41) is 4.15. The number of anilines is 3. The van der Waals surface area contributed by atoms with Crippen LogP contribution in [0.25, 0.3) is 22.0 Å². The number of methoxy groups -OCH3 is 1. The van der Waals surface area contributed by atoms with E-state index in [1.54, 1.807) is 42.0 Å². The molecule has 1 aliphatic heterocycles. The number of hydrogen-bond donors (Lipinski definition) is 2. The van der Waals surface area contributed by atoms with Gasteiger partial charge in [0.15, 0.2) is 0 Å². The summed E-state index contributed by atoms with van der Waals surface area (Å²) < 4.78 is 12.6. The van der Waals surface area contributed by atoms with Gasteiger partial charge in [0.25, 0.3) is 11.5 Å². The average Bonchev–Trinajstić information content (AvgIpc) is 3.00. The van der Waals surface area contributed by atoms with E-state index in [2.05, 4.69) is 32.8 Å². The zero-order chi connectivity index (χ0) is 28.1. The molecule has 1 saturated heterocycles. The molecular formula is C30H33N5O5. The fourth-order valence-electron chi connectivity index (χ4n) is 4.79. The van der Waals surface area contributed by atoms with Crippen molar-refractivity contribution >= 4 is 34.0 Å². The highest BCUT2D eigenvalue weighted by Gasteiger charge is 2.16. The molecule has 2 aromatic heterocycles. The molecule has 0 atom stereocenters. The molecule has 1 fully saturated rings. The predicted molar refractivity (Wildman–Crippen MR) is 156 cm³/mol. The van der Waals surface area contributed by atoms with Crippen LogP contribution in [0.3, 0.4) is 0 Å². The van der Waals surface area contributed by atoms with Gasteiger partial charge in [-0.25, -0.2) is 10.5 Å². The van der Waals surface area contributed by atoms with E-state index in [-0.39, 0.29) is 5.56 Å². The fourth-order valence-corrected chi connectivity index (χ4v) is 4.79. The molecule has 0 bridgehead atoms. The molecule has 10 heteroatoms. The number of hydroxylamine groups is 1. The average molecular weight is 544 g/mol. The number of pyridine rings is 2. The first-order valence-corrected chi connectivity index (χ1v) is 13.4. The van der Waals surface area contributed by atoms with Crippen LogP contribution in [0.2, 0.25) is 0 Å². The first kappa shape index (κ1) is 27.2. The Morgan fingerprint density at radius 2 is 1.82 bits per heavy atom. The molecule has 4 aromatic rings. The molecule has 0 radical (unpaired) electrons. The number of morpholine rings is 1. The van der Waals surface area contributed by atoms with Crippen molar-refractivity contribution in [1.29, 1.82) is 0 Å². The fraction of sp³-hybridized carbons (Fsp3) is 0.300. The molecule has 5 rings (SSSR count). The van der Waals surface area contributed by atoms with Gasteiger partial charge in [0, 0.05) is 59.8 Å². The molecule has 3 heterocycles. The first-order valence-electron chi connectivity index (χ1n) is 13.4. The lowest BCUT2D eigenvalue weighted by molar-refractivity contribution is 0.0364. The van der Waals surface area contributed by atoms with Crippen LogP contribution in [0.4, 0.5) is 17.2 Å². The number of ether oxygens (including phenoxy) is 2. The second-order valence-corrected chi connectivity index (χ2v) is 9.32. The van der Waals surface area contributed by atoms with Gasteiger partial charge in [0.1, 0.15) is 11.6 Å². The second-order valence-electron chi connectivity index (χ2n) is 9.32. The maximum atomic E-state index is 13.7. The van der Waals surface area contributed by atoms with Crippen molar-refractivity contribution < 1.29 is 19.1 Å². The van der Waals surface area contributed by atoms with Gasteiger partial charge in [-0.05, 0) is 67.9 Å². The molecule has 2 aromatic carbocycles.